The molecule has 11 heteroatoms. The van der Waals surface area contributed by atoms with E-state index in [-0.39, 0.29) is 56.0 Å². The van der Waals surface area contributed by atoms with Crippen LogP contribution in [0.2, 0.25) is 0 Å². The average molecular weight is 826 g/mol. The Bertz CT molecular complexity index is 971. The van der Waals surface area contributed by atoms with Crippen LogP contribution in [0.15, 0.2) is 0 Å². The van der Waals surface area contributed by atoms with Gasteiger partial charge in [0.05, 0.1) is 24.9 Å². The van der Waals surface area contributed by atoms with Gasteiger partial charge in [0.1, 0.15) is 19.8 Å². The van der Waals surface area contributed by atoms with Crippen molar-refractivity contribution in [2.75, 3.05) is 52.7 Å². The Hall–Kier alpha value is -2.24. The fraction of sp³-hybridized carbons (Fsp3) is 0.915. The highest BCUT2D eigenvalue weighted by atomic mass is 16.7. The number of nitrogens with one attached hydrogen (secondary N) is 1. The molecule has 0 spiro atoms. The summed E-state index contributed by atoms with van der Waals surface area (Å²) in [5.41, 5.74) is 0. The maximum Gasteiger partial charge on any atom is 0.310 e. The van der Waals surface area contributed by atoms with Gasteiger partial charge < -0.3 is 33.7 Å². The Labute approximate surface area is 353 Å². The van der Waals surface area contributed by atoms with Crippen molar-refractivity contribution in [3.63, 3.8) is 0 Å². The van der Waals surface area contributed by atoms with E-state index in [1.807, 2.05) is 0 Å². The highest BCUT2D eigenvalue weighted by Crippen LogP contribution is 2.15. The Kier molecular flexibility index (Phi) is 37.3. The monoisotopic (exact) mass is 826 g/mol. The third-order valence-electron chi connectivity index (χ3n) is 10.8. The topological polar surface area (TPSA) is 136 Å². The van der Waals surface area contributed by atoms with E-state index < -0.39 is 12.2 Å². The lowest BCUT2D eigenvalue weighted by Crippen LogP contribution is -2.29. The van der Waals surface area contributed by atoms with Gasteiger partial charge in [-0.2, -0.15) is 0 Å². The van der Waals surface area contributed by atoms with E-state index >= 15 is 0 Å². The van der Waals surface area contributed by atoms with Crippen LogP contribution < -0.4 is 5.32 Å². The van der Waals surface area contributed by atoms with E-state index in [1.165, 1.54) is 77.0 Å². The molecular weight excluding hydrogens is 739 g/mol. The van der Waals surface area contributed by atoms with Crippen molar-refractivity contribution in [3.8, 4) is 0 Å². The van der Waals surface area contributed by atoms with Crippen LogP contribution in [0.1, 0.15) is 207 Å². The van der Waals surface area contributed by atoms with E-state index in [0.717, 1.165) is 83.6 Å². The maximum absolute atomic E-state index is 12.9. The van der Waals surface area contributed by atoms with Crippen LogP contribution >= 0.6 is 0 Å². The first-order chi connectivity index (χ1) is 28.4. The second-order valence-electron chi connectivity index (χ2n) is 16.4. The lowest BCUT2D eigenvalue weighted by atomic mass is 10.1. The van der Waals surface area contributed by atoms with Crippen molar-refractivity contribution >= 4 is 23.9 Å². The first-order valence-electron chi connectivity index (χ1n) is 24.0. The molecule has 1 aliphatic rings. The Morgan fingerprint density at radius 3 is 1.38 bits per heavy atom. The average Bonchev–Trinajstić information content (AvgIpc) is 3.77. The molecular formula is C47H87NO10. The van der Waals surface area contributed by atoms with Gasteiger partial charge in [-0.3, -0.25) is 19.2 Å². The van der Waals surface area contributed by atoms with Crippen LogP contribution in [0.4, 0.5) is 0 Å². The molecule has 1 heterocycles. The second kappa shape index (κ2) is 40.2. The molecule has 0 saturated carbocycles. The van der Waals surface area contributed by atoms with Gasteiger partial charge in [0.25, 0.3) is 0 Å². The van der Waals surface area contributed by atoms with Crippen LogP contribution in [-0.4, -0.2) is 82.9 Å². The smallest absolute Gasteiger partial charge is 0.310 e. The van der Waals surface area contributed by atoms with Crippen molar-refractivity contribution in [1.82, 2.24) is 5.32 Å². The third-order valence-corrected chi connectivity index (χ3v) is 10.8. The Balaban J connectivity index is 2.41. The quantitative estimate of drug-likeness (QED) is 0.0273. The zero-order valence-corrected chi connectivity index (χ0v) is 37.5. The first-order valence-corrected chi connectivity index (χ1v) is 24.0. The molecule has 1 N–H and O–H groups in total. The van der Waals surface area contributed by atoms with Gasteiger partial charge in [0.2, 0.25) is 0 Å². The molecule has 0 aliphatic carbocycles. The van der Waals surface area contributed by atoms with Gasteiger partial charge in [0, 0.05) is 39.0 Å². The van der Waals surface area contributed by atoms with Gasteiger partial charge >= 0.3 is 23.9 Å². The highest BCUT2D eigenvalue weighted by Gasteiger charge is 2.26. The zero-order valence-electron chi connectivity index (χ0n) is 37.5. The van der Waals surface area contributed by atoms with E-state index in [1.54, 1.807) is 0 Å². The van der Waals surface area contributed by atoms with Crippen LogP contribution in [-0.2, 0) is 47.6 Å². The molecule has 1 aliphatic heterocycles. The minimum Gasteiger partial charge on any atom is -0.466 e. The number of hydrogen-bond donors (Lipinski definition) is 1. The summed E-state index contributed by atoms with van der Waals surface area (Å²) in [6.07, 6.45) is 28.1. The van der Waals surface area contributed by atoms with E-state index in [4.69, 9.17) is 28.4 Å². The summed E-state index contributed by atoms with van der Waals surface area (Å²) in [7, 11) is 0. The highest BCUT2D eigenvalue weighted by molar-refractivity contribution is 5.73. The molecule has 0 aromatic carbocycles. The zero-order chi connectivity index (χ0) is 42.2. The number of esters is 4. The van der Waals surface area contributed by atoms with Crippen molar-refractivity contribution in [2.24, 2.45) is 11.8 Å². The number of carbonyl (C=O) groups excluding carboxylic acids is 4. The summed E-state index contributed by atoms with van der Waals surface area (Å²) in [5, 5.41) is 3.17. The molecule has 2 unspecified atom stereocenters. The molecule has 340 valence electrons. The SMILES string of the molecule is CCCCCCCCOC(=O)CCCCCCCCC(=O)OCC(COC(=O)CCC(OCCCCCCCC)OCCCCCCCC)COC(=O)C1CCNC1. The van der Waals surface area contributed by atoms with Gasteiger partial charge in [-0.1, -0.05) is 143 Å². The van der Waals surface area contributed by atoms with Gasteiger partial charge in [-0.15, -0.1) is 0 Å². The van der Waals surface area contributed by atoms with Crippen molar-refractivity contribution < 1.29 is 47.6 Å². The molecule has 0 amide bonds. The molecule has 1 fully saturated rings. The lowest BCUT2D eigenvalue weighted by Gasteiger charge is -2.20. The van der Waals surface area contributed by atoms with Crippen molar-refractivity contribution in [3.05, 3.63) is 0 Å². The lowest BCUT2D eigenvalue weighted by molar-refractivity contribution is -0.162. The summed E-state index contributed by atoms with van der Waals surface area (Å²) in [4.78, 5) is 50.1. The fourth-order valence-electron chi connectivity index (χ4n) is 6.92. The molecule has 1 saturated heterocycles. The minimum atomic E-state index is -0.465. The Morgan fingerprint density at radius 1 is 0.483 bits per heavy atom. The third kappa shape index (κ3) is 33.6. The fourth-order valence-corrected chi connectivity index (χ4v) is 6.92. The molecule has 0 aromatic heterocycles. The van der Waals surface area contributed by atoms with Crippen LogP contribution in [0.3, 0.4) is 0 Å². The number of carbonyl (C=O) groups is 4. The normalized spacial score (nSPS) is 14.4. The van der Waals surface area contributed by atoms with Crippen LogP contribution in [0.5, 0.6) is 0 Å². The van der Waals surface area contributed by atoms with E-state index in [9.17, 15) is 19.2 Å². The second-order valence-corrected chi connectivity index (χ2v) is 16.4. The first kappa shape index (κ1) is 53.8. The van der Waals surface area contributed by atoms with Crippen LogP contribution in [0.25, 0.3) is 0 Å². The van der Waals surface area contributed by atoms with Crippen molar-refractivity contribution in [2.45, 2.75) is 213 Å². The van der Waals surface area contributed by atoms with E-state index in [2.05, 4.69) is 26.1 Å². The number of rotatable bonds is 42. The predicted molar refractivity (Wildman–Crippen MR) is 230 cm³/mol. The molecule has 2 atom stereocenters. The van der Waals surface area contributed by atoms with Gasteiger partial charge in [0.15, 0.2) is 6.29 Å². The summed E-state index contributed by atoms with van der Waals surface area (Å²) in [6.45, 7) is 9.73. The van der Waals surface area contributed by atoms with E-state index in [0.29, 0.717) is 52.0 Å². The van der Waals surface area contributed by atoms with Gasteiger partial charge in [-0.05, 0) is 45.1 Å². The number of unbranched alkanes of at least 4 members (excludes halogenated alkanes) is 20. The van der Waals surface area contributed by atoms with Gasteiger partial charge in [-0.25, -0.2) is 0 Å². The Morgan fingerprint density at radius 2 is 0.897 bits per heavy atom. The standard InChI is InChI=1S/C47H87NO10/c1-4-7-10-13-20-25-34-53-43(49)28-23-18-16-17-19-24-29-44(50)56-38-41(40-58-47(52)42-32-33-48-37-42)39-57-45(51)30-31-46(54-35-26-21-14-11-8-5-2)55-36-27-22-15-12-9-6-3/h41-42,46,48H,4-40H2,1-3H3. The molecule has 0 radical (unpaired) electrons. The molecule has 0 bridgehead atoms. The summed E-state index contributed by atoms with van der Waals surface area (Å²) >= 11 is 0. The predicted octanol–water partition coefficient (Wildman–Crippen LogP) is 10.7. The number of hydrogen-bond acceptors (Lipinski definition) is 11. The largest absolute Gasteiger partial charge is 0.466 e. The summed E-state index contributed by atoms with van der Waals surface area (Å²) in [6, 6.07) is 0. The van der Waals surface area contributed by atoms with Crippen LogP contribution in [0, 0.1) is 11.8 Å². The molecule has 1 rings (SSSR count). The minimum absolute atomic E-state index is 0.00261. The van der Waals surface area contributed by atoms with Crippen molar-refractivity contribution in [1.29, 1.82) is 0 Å². The molecule has 58 heavy (non-hydrogen) atoms. The molecule has 11 nitrogen and oxygen atoms in total. The maximum atomic E-state index is 12.9. The summed E-state index contributed by atoms with van der Waals surface area (Å²) < 4.78 is 34.3. The summed E-state index contributed by atoms with van der Waals surface area (Å²) in [5.74, 6) is -1.75. The number of ether oxygens (including phenoxy) is 6. The molecule has 0 aromatic rings.